The molecule has 0 aliphatic carbocycles. The number of thiophene rings is 1. The average Bonchev–Trinajstić information content (AvgIpc) is 3.34. The van der Waals surface area contributed by atoms with Crippen molar-refractivity contribution in [1.82, 2.24) is 19.8 Å². The van der Waals surface area contributed by atoms with Gasteiger partial charge in [0, 0.05) is 37.1 Å². The lowest BCUT2D eigenvalue weighted by Crippen LogP contribution is -2.53. The molecule has 1 N–H and O–H groups in total. The minimum absolute atomic E-state index is 0.0564. The maximum absolute atomic E-state index is 13.0. The van der Waals surface area contributed by atoms with E-state index in [9.17, 15) is 9.59 Å². The highest BCUT2D eigenvalue weighted by Gasteiger charge is 2.32. The SMILES string of the molecule is O=C(C1COc2ccccc2O1)N1CCN(Cc2nc3scc(-c4ccccc4)c3c(=O)[nH]2)CC1. The second kappa shape index (κ2) is 9.16. The summed E-state index contributed by atoms with van der Waals surface area (Å²) in [5.41, 5.74) is 1.80. The molecule has 1 atom stereocenters. The molecule has 1 saturated heterocycles. The van der Waals surface area contributed by atoms with Crippen LogP contribution in [0.5, 0.6) is 11.5 Å². The van der Waals surface area contributed by atoms with Gasteiger partial charge in [-0.3, -0.25) is 14.5 Å². The van der Waals surface area contributed by atoms with Crippen molar-refractivity contribution in [2.24, 2.45) is 0 Å². The number of hydrogen-bond acceptors (Lipinski definition) is 7. The van der Waals surface area contributed by atoms with E-state index in [0.29, 0.717) is 55.4 Å². The second-order valence-corrected chi connectivity index (χ2v) is 9.53. The third-order valence-corrected chi connectivity index (χ3v) is 7.29. The van der Waals surface area contributed by atoms with Crippen LogP contribution in [-0.4, -0.2) is 64.6 Å². The molecular weight excluding hydrogens is 464 g/mol. The number of piperazine rings is 1. The Balaban J connectivity index is 1.10. The van der Waals surface area contributed by atoms with Gasteiger partial charge in [0.1, 0.15) is 17.3 Å². The summed E-state index contributed by atoms with van der Waals surface area (Å²) in [5.74, 6) is 1.86. The summed E-state index contributed by atoms with van der Waals surface area (Å²) in [6, 6.07) is 17.3. The fraction of sp³-hybridized carbons (Fsp3) is 0.269. The van der Waals surface area contributed by atoms with E-state index in [1.807, 2.05) is 64.9 Å². The molecule has 2 aliphatic heterocycles. The van der Waals surface area contributed by atoms with E-state index < -0.39 is 6.10 Å². The minimum atomic E-state index is -0.630. The Morgan fingerprint density at radius 1 is 1.03 bits per heavy atom. The number of fused-ring (bicyclic) bond motifs is 2. The molecule has 2 aromatic heterocycles. The first-order valence-corrected chi connectivity index (χ1v) is 12.5. The van der Waals surface area contributed by atoms with Gasteiger partial charge in [-0.25, -0.2) is 4.98 Å². The van der Waals surface area contributed by atoms with E-state index in [2.05, 4.69) is 9.88 Å². The molecule has 9 heteroatoms. The first-order valence-electron chi connectivity index (χ1n) is 11.6. The highest BCUT2D eigenvalue weighted by Crippen LogP contribution is 2.32. The molecule has 0 saturated carbocycles. The molecule has 4 heterocycles. The predicted molar refractivity (Wildman–Crippen MR) is 134 cm³/mol. The number of amides is 1. The molecule has 2 aliphatic rings. The van der Waals surface area contributed by atoms with Gasteiger partial charge in [0.15, 0.2) is 11.5 Å². The zero-order valence-electron chi connectivity index (χ0n) is 19.0. The summed E-state index contributed by atoms with van der Waals surface area (Å²) in [6.07, 6.45) is -0.630. The third kappa shape index (κ3) is 4.28. The van der Waals surface area contributed by atoms with Gasteiger partial charge in [0.25, 0.3) is 11.5 Å². The smallest absolute Gasteiger partial charge is 0.267 e. The van der Waals surface area contributed by atoms with Crippen molar-refractivity contribution in [3.63, 3.8) is 0 Å². The third-order valence-electron chi connectivity index (χ3n) is 6.42. The van der Waals surface area contributed by atoms with Gasteiger partial charge in [-0.05, 0) is 17.7 Å². The molecule has 0 spiro atoms. The summed E-state index contributed by atoms with van der Waals surface area (Å²) in [4.78, 5) is 38.4. The zero-order chi connectivity index (χ0) is 23.8. The summed E-state index contributed by atoms with van der Waals surface area (Å²) in [5, 5.41) is 2.63. The van der Waals surface area contributed by atoms with Crippen LogP contribution in [0, 0.1) is 0 Å². The number of carbonyl (C=O) groups excluding carboxylic acids is 1. The number of nitrogens with one attached hydrogen (secondary N) is 1. The van der Waals surface area contributed by atoms with Crippen LogP contribution in [0.3, 0.4) is 0 Å². The topological polar surface area (TPSA) is 87.8 Å². The standard InChI is InChI=1S/C26H24N4O4S/c31-24-23-18(17-6-2-1-3-7-17)16-35-25(23)28-22(27-24)14-29-10-12-30(13-11-29)26(32)21-15-33-19-8-4-5-9-20(19)34-21/h1-9,16,21H,10-15H2,(H,27,28,31). The average molecular weight is 489 g/mol. The number of nitrogens with zero attached hydrogens (tertiary/aromatic N) is 3. The zero-order valence-corrected chi connectivity index (χ0v) is 19.8. The highest BCUT2D eigenvalue weighted by molar-refractivity contribution is 7.17. The Kier molecular flexibility index (Phi) is 5.71. The van der Waals surface area contributed by atoms with Crippen LogP contribution in [0.15, 0.2) is 64.8 Å². The van der Waals surface area contributed by atoms with Gasteiger partial charge < -0.3 is 19.4 Å². The molecule has 6 rings (SSSR count). The summed E-state index contributed by atoms with van der Waals surface area (Å²) >= 11 is 1.49. The van der Waals surface area contributed by atoms with Crippen molar-refractivity contribution in [3.05, 3.63) is 76.2 Å². The van der Waals surface area contributed by atoms with Crippen LogP contribution in [-0.2, 0) is 11.3 Å². The molecule has 4 aromatic rings. The molecular formula is C26H24N4O4S. The molecule has 1 amide bonds. The van der Waals surface area contributed by atoms with Crippen LogP contribution >= 0.6 is 11.3 Å². The number of para-hydroxylation sites is 2. The number of ether oxygens (including phenoxy) is 2. The Morgan fingerprint density at radius 3 is 2.57 bits per heavy atom. The van der Waals surface area contributed by atoms with Crippen molar-refractivity contribution in [1.29, 1.82) is 0 Å². The first kappa shape index (κ1) is 21.8. The van der Waals surface area contributed by atoms with Crippen molar-refractivity contribution in [3.8, 4) is 22.6 Å². The summed E-state index contributed by atoms with van der Waals surface area (Å²) < 4.78 is 11.6. The Bertz CT molecular complexity index is 1430. The van der Waals surface area contributed by atoms with Crippen molar-refractivity contribution >= 4 is 27.5 Å². The summed E-state index contributed by atoms with van der Waals surface area (Å²) in [7, 11) is 0. The number of aromatic nitrogens is 2. The van der Waals surface area contributed by atoms with Crippen LogP contribution in [0.1, 0.15) is 5.82 Å². The van der Waals surface area contributed by atoms with Crippen molar-refractivity contribution < 1.29 is 14.3 Å². The Morgan fingerprint density at radius 2 is 1.77 bits per heavy atom. The highest BCUT2D eigenvalue weighted by atomic mass is 32.1. The predicted octanol–water partition coefficient (Wildman–Crippen LogP) is 3.14. The molecule has 1 unspecified atom stereocenters. The van der Waals surface area contributed by atoms with Gasteiger partial charge in [0.2, 0.25) is 6.10 Å². The second-order valence-electron chi connectivity index (χ2n) is 8.67. The lowest BCUT2D eigenvalue weighted by Gasteiger charge is -2.36. The number of H-pyrrole nitrogens is 1. The van der Waals surface area contributed by atoms with E-state index in [-0.39, 0.29) is 18.1 Å². The monoisotopic (exact) mass is 488 g/mol. The fourth-order valence-electron chi connectivity index (χ4n) is 4.58. The molecule has 2 aromatic carbocycles. The first-order chi connectivity index (χ1) is 17.2. The largest absolute Gasteiger partial charge is 0.485 e. The van der Waals surface area contributed by atoms with Crippen molar-refractivity contribution in [2.75, 3.05) is 32.8 Å². The van der Waals surface area contributed by atoms with Gasteiger partial charge in [0.05, 0.1) is 11.9 Å². The number of hydrogen-bond donors (Lipinski definition) is 1. The summed E-state index contributed by atoms with van der Waals surface area (Å²) in [6.45, 7) is 3.30. The van der Waals surface area contributed by atoms with E-state index in [4.69, 9.17) is 14.5 Å². The van der Waals surface area contributed by atoms with Gasteiger partial charge in [-0.1, -0.05) is 42.5 Å². The Labute approximate surface area is 205 Å². The van der Waals surface area contributed by atoms with E-state index in [1.165, 1.54) is 11.3 Å². The molecule has 8 nitrogen and oxygen atoms in total. The van der Waals surface area contributed by atoms with E-state index >= 15 is 0 Å². The van der Waals surface area contributed by atoms with Gasteiger partial charge in [-0.2, -0.15) is 0 Å². The quantitative estimate of drug-likeness (QED) is 0.475. The maximum atomic E-state index is 13.0. The maximum Gasteiger partial charge on any atom is 0.267 e. The molecule has 35 heavy (non-hydrogen) atoms. The van der Waals surface area contributed by atoms with Gasteiger partial charge in [-0.15, -0.1) is 11.3 Å². The Hall–Kier alpha value is -3.69. The lowest BCUT2D eigenvalue weighted by molar-refractivity contribution is -0.143. The van der Waals surface area contributed by atoms with Crippen LogP contribution in [0.2, 0.25) is 0 Å². The molecule has 0 bridgehead atoms. The number of aromatic amines is 1. The number of rotatable bonds is 4. The minimum Gasteiger partial charge on any atom is -0.485 e. The van der Waals surface area contributed by atoms with E-state index in [0.717, 1.165) is 16.0 Å². The fourth-order valence-corrected chi connectivity index (χ4v) is 5.55. The van der Waals surface area contributed by atoms with Crippen LogP contribution in [0.25, 0.3) is 21.3 Å². The van der Waals surface area contributed by atoms with Crippen LogP contribution in [0.4, 0.5) is 0 Å². The molecule has 0 radical (unpaired) electrons. The number of benzene rings is 2. The molecule has 178 valence electrons. The normalized spacial score (nSPS) is 18.1. The van der Waals surface area contributed by atoms with Crippen molar-refractivity contribution in [2.45, 2.75) is 12.6 Å². The number of carbonyl (C=O) groups is 1. The molecule has 1 fully saturated rings. The van der Waals surface area contributed by atoms with Gasteiger partial charge >= 0.3 is 0 Å². The van der Waals surface area contributed by atoms with E-state index in [1.54, 1.807) is 0 Å². The van der Waals surface area contributed by atoms with Crippen LogP contribution < -0.4 is 15.0 Å². The lowest BCUT2D eigenvalue weighted by atomic mass is 10.1.